The molecule has 750 valence electrons. The summed E-state index contributed by atoms with van der Waals surface area (Å²) in [6.45, 7) is 26.3. The Morgan fingerprint density at radius 1 is 0.252 bits per heavy atom. The molecule has 0 aliphatic carbocycles. The topological polar surface area (TPSA) is 133 Å². The molecular weight excluding hydrogens is 1870 g/mol. The van der Waals surface area contributed by atoms with Crippen LogP contribution in [0.2, 0.25) is 0 Å². The third kappa shape index (κ3) is 65.1. The molecule has 0 bridgehead atoms. The first-order chi connectivity index (χ1) is 68.4. The van der Waals surface area contributed by atoms with Gasteiger partial charge in [-0.25, -0.2) is 0 Å². The van der Waals surface area contributed by atoms with Crippen LogP contribution in [0, 0.1) is 20.8 Å². The molecule has 20 heteroatoms. The van der Waals surface area contributed by atoms with Crippen LogP contribution >= 0.6 is 106 Å². The summed E-state index contributed by atoms with van der Waals surface area (Å²) in [6, 6.07) is 67.0. The molecule has 11 heterocycles. The Kier molecular flexibility index (Phi) is 79.0. The number of fused-ring (bicyclic) bond motifs is 3. The molecule has 2 aliphatic heterocycles. The van der Waals surface area contributed by atoms with E-state index in [1.807, 2.05) is 230 Å². The van der Waals surface area contributed by atoms with Crippen molar-refractivity contribution in [3.8, 4) is 0 Å². The summed E-state index contributed by atoms with van der Waals surface area (Å²) in [5.41, 5.74) is 22.6. The number of aliphatic imine (C=N–C) groups is 2. The van der Waals surface area contributed by atoms with Gasteiger partial charge in [0.1, 0.15) is 0 Å². The van der Waals surface area contributed by atoms with Crippen LogP contribution in [-0.2, 0) is 77.7 Å². The number of unbranched alkanes of at least 4 members (excludes halogenated alkanes) is 3. The van der Waals surface area contributed by atoms with Crippen LogP contribution in [0.25, 0.3) is 10.9 Å². The van der Waals surface area contributed by atoms with E-state index in [0.717, 1.165) is 44.9 Å². The summed E-state index contributed by atoms with van der Waals surface area (Å²) in [6.07, 6.45) is 58.4. The number of thioether (sulfide) groups is 9. The van der Waals surface area contributed by atoms with Crippen molar-refractivity contribution in [1.29, 1.82) is 0 Å². The molecule has 0 N–H and O–H groups in total. The fraction of sp³-hybridized carbons (Fsp3) is 0.429. The predicted molar refractivity (Wildman–Crippen MR) is 636 cm³/mol. The molecule has 4 aromatic carbocycles. The van der Waals surface area contributed by atoms with E-state index in [1.165, 1.54) is 287 Å². The van der Waals surface area contributed by atoms with Crippen molar-refractivity contribution >= 4 is 141 Å². The second-order valence-electron chi connectivity index (χ2n) is 32.5. The number of hydrogen-bond donors (Lipinski definition) is 0. The summed E-state index contributed by atoms with van der Waals surface area (Å²) in [4.78, 5) is 41.1. The summed E-state index contributed by atoms with van der Waals surface area (Å²) in [5.74, 6) is 22.4. The zero-order valence-electron chi connectivity index (χ0n) is 86.3. The quantitative estimate of drug-likeness (QED) is 0.0335. The van der Waals surface area contributed by atoms with Gasteiger partial charge < -0.3 is 4.57 Å². The predicted octanol–water partition coefficient (Wildman–Crippen LogP) is 32.5. The molecular formula is C119H165N11S9. The van der Waals surface area contributed by atoms with Gasteiger partial charge in [0.2, 0.25) is 0 Å². The van der Waals surface area contributed by atoms with Crippen LogP contribution in [-0.4, -0.2) is 160 Å². The molecule has 0 unspecified atom stereocenters. The Bertz CT molecular complexity index is 4580. The monoisotopic (exact) mass is 2040 g/mol. The Morgan fingerprint density at radius 3 is 0.885 bits per heavy atom. The zero-order chi connectivity index (χ0) is 99.6. The van der Waals surface area contributed by atoms with Crippen LogP contribution in [0.3, 0.4) is 0 Å². The van der Waals surface area contributed by atoms with Crippen molar-refractivity contribution in [3.63, 3.8) is 0 Å². The van der Waals surface area contributed by atoms with E-state index in [2.05, 4.69) is 326 Å². The highest BCUT2D eigenvalue weighted by Crippen LogP contribution is 2.29. The molecule has 0 spiro atoms. The molecule has 0 saturated carbocycles. The number of benzene rings is 4. The highest BCUT2D eigenvalue weighted by Gasteiger charge is 2.09. The Morgan fingerprint density at radius 2 is 0.568 bits per heavy atom. The minimum Gasteiger partial charge on any atom is -0.350 e. The standard InChI is InChI=1S/3C11H17NS.3C10H15NS.C10H11N.C10H14S.2C9H13NS.2C9H9N/c1-2-3-9-13-10-6-11-4-7-12-8-5-11;1-2-3-8-13-9-6-11-5-4-7-12-10-11;1-2-3-9-13-10-7-11-6-4-5-8-12-11;1-2-8-12-9-5-10-3-6-11-7-4-10;2*1-2-7-12-8-5-10-4-3-6-11-9-10;1-8-4-3-5-9-6-7-11(2)10(8)9;1-2-11-9-8-10-6-4-3-5-7-10;1-2-11-8-5-9-3-6-10-7-4-9;1-2-11-7-5-9-4-3-6-10-8-9;2*1-7-3-2-4-8-5-6-10-9(7)8/h4-5,7-8H,2-3,6,9-10H2,1H3;4-5,7,10H,2-3,6,8-9H2,1H3;4-6,8H,2-3,7,9-10H2,1H3;3-4,6-7H,2,5,8-9H2,1H3;2*3-4,6,9H,2,5,7-8H2,1H3;3-7H,1-2H3;3-7H,2,8-9H2,1H3;3-4,6-7H,2,5,8H2,1H3;3-4,6,8H,2,5,7H2,1H3;2*2-4,6H,5H2,1H3. The summed E-state index contributed by atoms with van der Waals surface area (Å²) >= 11 is 18.2. The average Bonchev–Trinajstić information content (AvgIpc) is 1.65. The SMILES string of the molecule is CCCCSCCc1ccccn1.CCCCSCCc1cccnc1.CCCCSCCc1ccncc1.CCCSCCc1cccnc1.CCCSCCc1cccnc1.CCCSCCc1ccncc1.CCSCCc1ccccc1.CCSCCc1cccnc1.CCSCCc1ccncc1.Cc1cccc2c1N=CC2.Cc1cccc2c1N=CC2.Cc1cccc2ccn(C)c12. The molecule has 0 atom stereocenters. The van der Waals surface area contributed by atoms with Gasteiger partial charge in [0.05, 0.1) is 16.9 Å². The van der Waals surface area contributed by atoms with Gasteiger partial charge >= 0.3 is 0 Å². The normalized spacial score (nSPS) is 10.7. The minimum atomic E-state index is 1.01. The van der Waals surface area contributed by atoms with Gasteiger partial charge in [0, 0.05) is 137 Å². The first kappa shape index (κ1) is 123. The number of aryl methyl sites for hydroxylation is 13. The average molecular weight is 2040 g/mol. The van der Waals surface area contributed by atoms with Gasteiger partial charge in [-0.3, -0.25) is 49.9 Å². The van der Waals surface area contributed by atoms with Crippen LogP contribution in [0.1, 0.15) is 198 Å². The second-order valence-corrected chi connectivity index (χ2v) is 44.1. The van der Waals surface area contributed by atoms with E-state index in [4.69, 9.17) is 0 Å². The summed E-state index contributed by atoms with van der Waals surface area (Å²) in [7, 11) is 2.08. The van der Waals surface area contributed by atoms with E-state index in [0.29, 0.717) is 0 Å². The van der Waals surface area contributed by atoms with Gasteiger partial charge in [-0.05, 0) is 377 Å². The van der Waals surface area contributed by atoms with E-state index >= 15 is 0 Å². The number of para-hydroxylation sites is 3. The van der Waals surface area contributed by atoms with Crippen LogP contribution in [0.4, 0.5) is 11.4 Å². The van der Waals surface area contributed by atoms with Crippen molar-refractivity contribution in [2.24, 2.45) is 17.0 Å². The van der Waals surface area contributed by atoms with Crippen molar-refractivity contribution in [2.75, 3.05) is 104 Å². The number of pyridine rings is 8. The summed E-state index contributed by atoms with van der Waals surface area (Å²) in [5, 5.41) is 1.33. The fourth-order valence-corrected chi connectivity index (χ4v) is 20.9. The molecule has 9 aromatic heterocycles. The van der Waals surface area contributed by atoms with Crippen molar-refractivity contribution in [3.05, 3.63) is 371 Å². The van der Waals surface area contributed by atoms with Crippen LogP contribution in [0.15, 0.2) is 303 Å². The number of hydrogen-bond acceptors (Lipinski definition) is 19. The lowest BCUT2D eigenvalue weighted by molar-refractivity contribution is 0.895. The molecule has 13 aromatic rings. The van der Waals surface area contributed by atoms with Crippen LogP contribution in [0.5, 0.6) is 0 Å². The molecule has 0 radical (unpaired) electrons. The Hall–Kier alpha value is -7.89. The minimum absolute atomic E-state index is 1.01. The van der Waals surface area contributed by atoms with E-state index in [1.54, 1.807) is 0 Å². The third-order valence-electron chi connectivity index (χ3n) is 20.9. The van der Waals surface area contributed by atoms with Crippen molar-refractivity contribution in [1.82, 2.24) is 44.4 Å². The highest BCUT2D eigenvalue weighted by atomic mass is 32.2. The van der Waals surface area contributed by atoms with Crippen molar-refractivity contribution < 1.29 is 0 Å². The first-order valence-corrected chi connectivity index (χ1v) is 60.9. The lowest BCUT2D eigenvalue weighted by atomic mass is 10.1. The van der Waals surface area contributed by atoms with E-state index < -0.39 is 0 Å². The highest BCUT2D eigenvalue weighted by molar-refractivity contribution is 8.00. The summed E-state index contributed by atoms with van der Waals surface area (Å²) < 4.78 is 2.16. The van der Waals surface area contributed by atoms with Gasteiger partial charge in [0.15, 0.2) is 0 Å². The number of rotatable bonds is 45. The maximum Gasteiger partial charge on any atom is 0.0690 e. The Labute approximate surface area is 880 Å². The molecule has 0 fully saturated rings. The van der Waals surface area contributed by atoms with Crippen LogP contribution < -0.4 is 0 Å². The third-order valence-corrected chi connectivity index (χ3v) is 30.4. The van der Waals surface area contributed by atoms with E-state index in [-0.39, 0.29) is 0 Å². The Balaban J connectivity index is 0.000000317. The van der Waals surface area contributed by atoms with Gasteiger partial charge in [0.25, 0.3) is 0 Å². The largest absolute Gasteiger partial charge is 0.350 e. The lowest BCUT2D eigenvalue weighted by Crippen LogP contribution is -1.92. The van der Waals surface area contributed by atoms with Crippen molar-refractivity contribution in [2.45, 2.75) is 212 Å². The fourth-order valence-electron chi connectivity index (χ4n) is 13.1. The molecule has 139 heavy (non-hydrogen) atoms. The maximum absolute atomic E-state index is 4.28. The van der Waals surface area contributed by atoms with Gasteiger partial charge in [-0.2, -0.15) is 106 Å². The molecule has 15 rings (SSSR count). The molecule has 2 aliphatic rings. The smallest absolute Gasteiger partial charge is 0.0690 e. The first-order valence-electron chi connectivity index (χ1n) is 50.5. The maximum atomic E-state index is 4.28. The van der Waals surface area contributed by atoms with Gasteiger partial charge in [-0.1, -0.05) is 197 Å². The zero-order valence-corrected chi connectivity index (χ0v) is 93.7. The lowest BCUT2D eigenvalue weighted by Gasteiger charge is -2.00. The number of aromatic nitrogens is 9. The van der Waals surface area contributed by atoms with E-state index in [9.17, 15) is 0 Å². The molecule has 0 saturated heterocycles. The number of nitrogens with zero attached hydrogens (tertiary/aromatic N) is 11. The molecule has 0 amide bonds. The van der Waals surface area contributed by atoms with Gasteiger partial charge in [-0.15, -0.1) is 0 Å². The molecule has 11 nitrogen and oxygen atoms in total. The second kappa shape index (κ2) is 89.0.